The second-order valence-corrected chi connectivity index (χ2v) is 2.68. The highest BCUT2D eigenvalue weighted by atomic mass is 16.3. The molecule has 0 saturated heterocycles. The van der Waals surface area contributed by atoms with E-state index in [4.69, 9.17) is 5.11 Å². The van der Waals surface area contributed by atoms with E-state index >= 15 is 0 Å². The third-order valence-corrected chi connectivity index (χ3v) is 1.77. The Labute approximate surface area is 75.5 Å². The summed E-state index contributed by atoms with van der Waals surface area (Å²) in [6, 6.07) is 1.87. The Balaban J connectivity index is 2.41. The van der Waals surface area contributed by atoms with Crippen LogP contribution in [0, 0.1) is 0 Å². The van der Waals surface area contributed by atoms with Crippen LogP contribution < -0.4 is 0 Å². The largest absolute Gasteiger partial charge is 0.392 e. The van der Waals surface area contributed by atoms with Gasteiger partial charge in [-0.05, 0) is 11.6 Å². The summed E-state index contributed by atoms with van der Waals surface area (Å²) >= 11 is 0. The van der Waals surface area contributed by atoms with E-state index in [1.165, 1.54) is 0 Å². The van der Waals surface area contributed by atoms with Gasteiger partial charge in [0.15, 0.2) is 0 Å². The zero-order valence-corrected chi connectivity index (χ0v) is 6.96. The van der Waals surface area contributed by atoms with E-state index in [1.54, 1.807) is 24.9 Å². The van der Waals surface area contributed by atoms with Gasteiger partial charge in [0.25, 0.3) is 0 Å². The van der Waals surface area contributed by atoms with Gasteiger partial charge in [0.1, 0.15) is 0 Å². The van der Waals surface area contributed by atoms with Crippen LogP contribution in [0.25, 0.3) is 5.69 Å². The van der Waals surface area contributed by atoms with Crippen molar-refractivity contribution in [3.63, 3.8) is 0 Å². The Kier molecular flexibility index (Phi) is 2.06. The fraction of sp³-hybridized carbons (Fsp3) is 0.111. The van der Waals surface area contributed by atoms with E-state index < -0.39 is 0 Å². The van der Waals surface area contributed by atoms with Gasteiger partial charge in [-0.1, -0.05) is 0 Å². The van der Waals surface area contributed by atoms with E-state index in [2.05, 4.69) is 9.97 Å². The molecule has 2 rings (SSSR count). The van der Waals surface area contributed by atoms with Crippen molar-refractivity contribution in [2.45, 2.75) is 6.61 Å². The molecule has 0 unspecified atom stereocenters. The molecule has 4 nitrogen and oxygen atoms in total. The quantitative estimate of drug-likeness (QED) is 0.733. The van der Waals surface area contributed by atoms with Gasteiger partial charge in [0.2, 0.25) is 0 Å². The van der Waals surface area contributed by atoms with Crippen LogP contribution in [0.5, 0.6) is 0 Å². The lowest BCUT2D eigenvalue weighted by Gasteiger charge is -2.02. The van der Waals surface area contributed by atoms with Gasteiger partial charge in [-0.3, -0.25) is 4.98 Å². The summed E-state index contributed by atoms with van der Waals surface area (Å²) in [5.74, 6) is 0. The van der Waals surface area contributed by atoms with E-state index in [1.807, 2.05) is 16.8 Å². The molecule has 0 atom stereocenters. The van der Waals surface area contributed by atoms with Crippen LogP contribution >= 0.6 is 0 Å². The first-order valence-electron chi connectivity index (χ1n) is 3.93. The van der Waals surface area contributed by atoms with Crippen molar-refractivity contribution in [1.82, 2.24) is 14.5 Å². The van der Waals surface area contributed by atoms with Crippen molar-refractivity contribution in [1.29, 1.82) is 0 Å². The Morgan fingerprint density at radius 1 is 1.31 bits per heavy atom. The molecule has 1 N–H and O–H groups in total. The fourth-order valence-corrected chi connectivity index (χ4v) is 1.11. The number of aliphatic hydroxyl groups excluding tert-OH is 1. The van der Waals surface area contributed by atoms with Crippen LogP contribution in [0.3, 0.4) is 0 Å². The van der Waals surface area contributed by atoms with Gasteiger partial charge in [-0.15, -0.1) is 0 Å². The first-order valence-corrected chi connectivity index (χ1v) is 3.93. The molecule has 0 amide bonds. The number of hydrogen-bond acceptors (Lipinski definition) is 3. The third-order valence-electron chi connectivity index (χ3n) is 1.77. The van der Waals surface area contributed by atoms with Gasteiger partial charge < -0.3 is 9.67 Å². The monoisotopic (exact) mass is 175 g/mol. The molecule has 0 fully saturated rings. The van der Waals surface area contributed by atoms with Crippen molar-refractivity contribution >= 4 is 0 Å². The molecule has 0 spiro atoms. The second kappa shape index (κ2) is 3.37. The molecule has 2 heterocycles. The molecule has 0 bridgehead atoms. The predicted octanol–water partition coefficient (Wildman–Crippen LogP) is 0.760. The zero-order chi connectivity index (χ0) is 9.10. The molecule has 2 aromatic rings. The summed E-state index contributed by atoms with van der Waals surface area (Å²) in [6.07, 6.45) is 8.59. The summed E-state index contributed by atoms with van der Waals surface area (Å²) in [6.45, 7) is 0.00946. The average Bonchev–Trinajstić information content (AvgIpc) is 2.71. The van der Waals surface area contributed by atoms with Crippen molar-refractivity contribution in [2.24, 2.45) is 0 Å². The van der Waals surface area contributed by atoms with Gasteiger partial charge in [0.05, 0.1) is 24.8 Å². The lowest BCUT2D eigenvalue weighted by Crippen LogP contribution is -1.93. The van der Waals surface area contributed by atoms with Crippen LogP contribution in [-0.4, -0.2) is 19.6 Å². The first kappa shape index (κ1) is 7.94. The van der Waals surface area contributed by atoms with Gasteiger partial charge >= 0.3 is 0 Å². The van der Waals surface area contributed by atoms with Crippen LogP contribution in [-0.2, 0) is 6.61 Å². The highest BCUT2D eigenvalue weighted by Gasteiger charge is 1.96. The summed E-state index contributed by atoms with van der Waals surface area (Å²) in [4.78, 5) is 7.93. The molecule has 4 heteroatoms. The SMILES string of the molecule is OCc1cncc(-n2ccnc2)c1. The molecule has 66 valence electrons. The maximum Gasteiger partial charge on any atom is 0.0992 e. The molecule has 0 aliphatic heterocycles. The standard InChI is InChI=1S/C9H9N3O/c13-6-8-3-9(5-11-4-8)12-2-1-10-7-12/h1-5,7,13H,6H2. The first-order chi connectivity index (χ1) is 6.40. The normalized spacial score (nSPS) is 10.2. The summed E-state index contributed by atoms with van der Waals surface area (Å²) in [7, 11) is 0. The topological polar surface area (TPSA) is 50.9 Å². The van der Waals surface area contributed by atoms with Crippen molar-refractivity contribution in [3.8, 4) is 5.69 Å². The minimum atomic E-state index is 0.00946. The molecule has 0 saturated carbocycles. The highest BCUT2D eigenvalue weighted by molar-refractivity contribution is 5.31. The molecular weight excluding hydrogens is 166 g/mol. The average molecular weight is 175 g/mol. The van der Waals surface area contributed by atoms with E-state index in [0.717, 1.165) is 11.3 Å². The summed E-state index contributed by atoms with van der Waals surface area (Å²) in [5, 5.41) is 8.89. The molecular formula is C9H9N3O. The van der Waals surface area contributed by atoms with Crippen LogP contribution in [0.15, 0.2) is 37.2 Å². The van der Waals surface area contributed by atoms with E-state index in [0.29, 0.717) is 0 Å². The number of imidazole rings is 1. The fourth-order valence-electron chi connectivity index (χ4n) is 1.11. The minimum Gasteiger partial charge on any atom is -0.392 e. The number of nitrogens with zero attached hydrogens (tertiary/aromatic N) is 3. The van der Waals surface area contributed by atoms with Gasteiger partial charge in [-0.25, -0.2) is 4.98 Å². The molecule has 0 aliphatic rings. The van der Waals surface area contributed by atoms with Crippen molar-refractivity contribution in [3.05, 3.63) is 42.7 Å². The Bertz CT molecular complexity index is 384. The highest BCUT2D eigenvalue weighted by Crippen LogP contribution is 2.07. The number of aliphatic hydroxyl groups is 1. The molecule has 0 aliphatic carbocycles. The van der Waals surface area contributed by atoms with E-state index in [9.17, 15) is 0 Å². The minimum absolute atomic E-state index is 0.00946. The lowest BCUT2D eigenvalue weighted by atomic mass is 10.3. The lowest BCUT2D eigenvalue weighted by molar-refractivity contribution is 0.281. The van der Waals surface area contributed by atoms with E-state index in [-0.39, 0.29) is 6.61 Å². The number of aromatic nitrogens is 3. The van der Waals surface area contributed by atoms with Crippen molar-refractivity contribution < 1.29 is 5.11 Å². The summed E-state index contributed by atoms with van der Waals surface area (Å²) in [5.41, 5.74) is 1.70. The summed E-state index contributed by atoms with van der Waals surface area (Å²) < 4.78 is 1.84. The van der Waals surface area contributed by atoms with Gasteiger partial charge in [-0.2, -0.15) is 0 Å². The Morgan fingerprint density at radius 2 is 2.23 bits per heavy atom. The smallest absolute Gasteiger partial charge is 0.0992 e. The van der Waals surface area contributed by atoms with Crippen LogP contribution in [0.1, 0.15) is 5.56 Å². The molecule has 2 aromatic heterocycles. The Morgan fingerprint density at radius 3 is 2.92 bits per heavy atom. The molecule has 0 radical (unpaired) electrons. The second-order valence-electron chi connectivity index (χ2n) is 2.68. The maximum absolute atomic E-state index is 8.89. The van der Waals surface area contributed by atoms with Crippen LogP contribution in [0.4, 0.5) is 0 Å². The Hall–Kier alpha value is -1.68. The number of pyridine rings is 1. The third kappa shape index (κ3) is 1.57. The van der Waals surface area contributed by atoms with Crippen molar-refractivity contribution in [2.75, 3.05) is 0 Å². The predicted molar refractivity (Wildman–Crippen MR) is 47.3 cm³/mol. The molecule has 0 aromatic carbocycles. The zero-order valence-electron chi connectivity index (χ0n) is 6.96. The van der Waals surface area contributed by atoms with Gasteiger partial charge in [0, 0.05) is 18.6 Å². The molecule has 13 heavy (non-hydrogen) atoms. The number of hydrogen-bond donors (Lipinski definition) is 1. The van der Waals surface area contributed by atoms with Crippen LogP contribution in [0.2, 0.25) is 0 Å². The number of rotatable bonds is 2. The maximum atomic E-state index is 8.89.